The second-order valence-corrected chi connectivity index (χ2v) is 1.95. The Bertz CT molecular complexity index is 276. The van der Waals surface area contributed by atoms with Crippen LogP contribution in [-0.4, -0.2) is 29.4 Å². The number of rotatable bonds is 2. The third-order valence-electron chi connectivity index (χ3n) is 0.232. The van der Waals surface area contributed by atoms with E-state index in [0.717, 1.165) is 0 Å². The first kappa shape index (κ1) is 18.4. The van der Waals surface area contributed by atoms with Crippen molar-refractivity contribution in [2.45, 2.75) is 0 Å². The Morgan fingerprint density at radius 2 is 1.38 bits per heavy atom. The van der Waals surface area contributed by atoms with Crippen LogP contribution in [0.1, 0.15) is 1.43 Å². The van der Waals surface area contributed by atoms with Crippen molar-refractivity contribution in [1.29, 1.82) is 0 Å². The van der Waals surface area contributed by atoms with Crippen LogP contribution in [0.2, 0.25) is 0 Å². The molecule has 0 radical (unpaired) electrons. The van der Waals surface area contributed by atoms with Crippen molar-refractivity contribution >= 4 is 22.3 Å². The molecule has 0 bridgehead atoms. The molecular weight excluding hydrogens is 215 g/mol. The Hall–Kier alpha value is -0.430. The first-order valence-corrected chi connectivity index (χ1v) is 3.55. The molecular formula is C4H5NaO7S. The van der Waals surface area contributed by atoms with Gasteiger partial charge in [0.2, 0.25) is 0 Å². The number of hydrogen-bond donors (Lipinski definition) is 2. The van der Waals surface area contributed by atoms with Crippen molar-refractivity contribution in [3.63, 3.8) is 0 Å². The number of carbonyl (C=O) groups excluding carboxylic acids is 2. The molecule has 0 aliphatic carbocycles. The molecule has 0 aromatic carbocycles. The van der Waals surface area contributed by atoms with Gasteiger partial charge < -0.3 is 6.16 Å². The molecule has 9 heteroatoms. The van der Waals surface area contributed by atoms with Gasteiger partial charge in [-0.15, -0.1) is 0 Å². The topological polar surface area (TPSA) is 118 Å². The molecule has 2 N–H and O–H groups in total. The molecule has 0 unspecified atom stereocenters. The van der Waals surface area contributed by atoms with Crippen molar-refractivity contribution in [1.82, 2.24) is 0 Å². The fraction of sp³-hybridized carbons (Fsp3) is 0. The Morgan fingerprint density at radius 1 is 1.15 bits per heavy atom. The standard InChI is InChI=1S/C4H2O3.Na.H2O4S.H/c5-1-3-7-4-2-6;;1-5(2,3)4;/h3-4H;;(H2,1,2,3,4);/q;+1;;-1. The minimum Gasteiger partial charge on any atom is -1.00 e. The molecule has 0 aromatic heterocycles. The van der Waals surface area contributed by atoms with E-state index in [9.17, 15) is 9.59 Å². The predicted molar refractivity (Wildman–Crippen MR) is 36.9 cm³/mol. The van der Waals surface area contributed by atoms with Crippen molar-refractivity contribution in [3.05, 3.63) is 12.5 Å². The molecule has 0 atom stereocenters. The predicted octanol–water partition coefficient (Wildman–Crippen LogP) is -3.84. The van der Waals surface area contributed by atoms with Gasteiger partial charge in [0.1, 0.15) is 0 Å². The Morgan fingerprint density at radius 3 is 1.54 bits per heavy atom. The molecule has 0 amide bonds. The van der Waals surface area contributed by atoms with Crippen LogP contribution in [0.15, 0.2) is 12.5 Å². The van der Waals surface area contributed by atoms with Crippen LogP contribution < -0.4 is 29.6 Å². The molecule has 0 saturated carbocycles. The van der Waals surface area contributed by atoms with Crippen LogP contribution in [0.25, 0.3) is 0 Å². The Kier molecular flexibility index (Phi) is 16.4. The average Bonchev–Trinajstić information content (AvgIpc) is 1.85. The van der Waals surface area contributed by atoms with Crippen molar-refractivity contribution < 1.29 is 62.8 Å². The van der Waals surface area contributed by atoms with Gasteiger partial charge in [0, 0.05) is 0 Å². The zero-order valence-corrected chi connectivity index (χ0v) is 9.32. The first-order chi connectivity index (χ1) is 5.41. The molecule has 0 fully saturated rings. The second-order valence-electron chi connectivity index (χ2n) is 1.06. The molecule has 0 rings (SSSR count). The second kappa shape index (κ2) is 11.6. The maximum absolute atomic E-state index is 9.22. The summed E-state index contributed by atoms with van der Waals surface area (Å²) < 4.78 is 35.6. The van der Waals surface area contributed by atoms with Crippen LogP contribution in [-0.2, 0) is 24.7 Å². The molecule has 0 aliphatic heterocycles. The van der Waals surface area contributed by atoms with Gasteiger partial charge in [-0.05, 0) is 0 Å². The van der Waals surface area contributed by atoms with Crippen molar-refractivity contribution in [3.8, 4) is 0 Å². The maximum Gasteiger partial charge on any atom is 1.00 e. The monoisotopic (exact) mass is 220 g/mol. The first-order valence-electron chi connectivity index (χ1n) is 2.16. The Labute approximate surface area is 97.4 Å². The summed E-state index contributed by atoms with van der Waals surface area (Å²) in [6.45, 7) is 0. The smallest absolute Gasteiger partial charge is 1.00 e. The minimum absolute atomic E-state index is 0. The molecule has 13 heavy (non-hydrogen) atoms. The van der Waals surface area contributed by atoms with E-state index in [1.54, 1.807) is 0 Å². The summed E-state index contributed by atoms with van der Waals surface area (Å²) in [5.41, 5.74) is 0. The molecule has 0 heterocycles. The SMILES string of the molecule is O=C=COC=C=O.O=S(=O)(O)O.[H-].[Na+]. The van der Waals surface area contributed by atoms with E-state index in [1.165, 1.54) is 11.9 Å². The van der Waals surface area contributed by atoms with Crippen LogP contribution in [0.5, 0.6) is 0 Å². The fourth-order valence-corrected chi connectivity index (χ4v) is 0.0896. The fourth-order valence-electron chi connectivity index (χ4n) is 0.0896. The largest absolute Gasteiger partial charge is 1.00 e. The molecule has 7 nitrogen and oxygen atoms in total. The molecule has 70 valence electrons. The van der Waals surface area contributed by atoms with Gasteiger partial charge in [-0.25, -0.2) is 9.59 Å². The zero-order valence-electron chi connectivity index (χ0n) is 7.50. The van der Waals surface area contributed by atoms with E-state index in [-0.39, 0.29) is 31.0 Å². The van der Waals surface area contributed by atoms with Crippen LogP contribution >= 0.6 is 0 Å². The number of hydrogen-bond acceptors (Lipinski definition) is 5. The summed E-state index contributed by atoms with van der Waals surface area (Å²) >= 11 is 0. The van der Waals surface area contributed by atoms with Crippen molar-refractivity contribution in [2.24, 2.45) is 0 Å². The van der Waals surface area contributed by atoms with Gasteiger partial charge in [0.05, 0.1) is 0 Å². The van der Waals surface area contributed by atoms with E-state index in [0.29, 0.717) is 12.5 Å². The van der Waals surface area contributed by atoms with E-state index in [1.807, 2.05) is 0 Å². The van der Waals surface area contributed by atoms with Gasteiger partial charge in [-0.1, -0.05) is 0 Å². The van der Waals surface area contributed by atoms with Gasteiger partial charge in [0.15, 0.2) is 24.4 Å². The van der Waals surface area contributed by atoms with E-state index in [4.69, 9.17) is 17.5 Å². The third-order valence-corrected chi connectivity index (χ3v) is 0.232. The van der Waals surface area contributed by atoms with Crippen LogP contribution in [0.3, 0.4) is 0 Å². The average molecular weight is 220 g/mol. The number of ether oxygens (including phenoxy) is 1. The Balaban J connectivity index is -0.0000000651. The van der Waals surface area contributed by atoms with Gasteiger partial charge in [-0.2, -0.15) is 8.42 Å². The van der Waals surface area contributed by atoms with Gasteiger partial charge in [0.25, 0.3) is 0 Å². The maximum atomic E-state index is 9.22. The van der Waals surface area contributed by atoms with Gasteiger partial charge >= 0.3 is 40.0 Å². The van der Waals surface area contributed by atoms with E-state index < -0.39 is 10.4 Å². The van der Waals surface area contributed by atoms with Gasteiger partial charge in [-0.3, -0.25) is 9.11 Å². The normalized spacial score (nSPS) is 7.23. The van der Waals surface area contributed by atoms with E-state index >= 15 is 0 Å². The molecule has 0 aliphatic rings. The van der Waals surface area contributed by atoms with Crippen LogP contribution in [0.4, 0.5) is 0 Å². The van der Waals surface area contributed by atoms with Crippen LogP contribution in [0, 0.1) is 0 Å². The third kappa shape index (κ3) is 83.1. The summed E-state index contributed by atoms with van der Waals surface area (Å²) in [4.78, 5) is 18.4. The summed E-state index contributed by atoms with van der Waals surface area (Å²) in [6.07, 6.45) is 1.43. The zero-order chi connectivity index (χ0) is 10.0. The minimum atomic E-state index is -4.67. The summed E-state index contributed by atoms with van der Waals surface area (Å²) in [7, 11) is -4.67. The molecule has 0 spiro atoms. The van der Waals surface area contributed by atoms with E-state index in [2.05, 4.69) is 4.74 Å². The summed E-state index contributed by atoms with van der Waals surface area (Å²) in [5.74, 6) is 2.59. The summed E-state index contributed by atoms with van der Waals surface area (Å²) in [6, 6.07) is 0. The summed E-state index contributed by atoms with van der Waals surface area (Å²) in [5, 5.41) is 0. The molecule has 0 saturated heterocycles. The van der Waals surface area contributed by atoms with Crippen molar-refractivity contribution in [2.75, 3.05) is 0 Å². The quantitative estimate of drug-likeness (QED) is 0.212. The molecule has 0 aromatic rings.